The van der Waals surface area contributed by atoms with Crippen LogP contribution in [0, 0.1) is 23.2 Å². The second-order valence-corrected chi connectivity index (χ2v) is 9.93. The maximum Gasteiger partial charge on any atom is 0.0101 e. The lowest BCUT2D eigenvalue weighted by molar-refractivity contribution is -0.114. The number of benzene rings is 2. The number of hydrogen-bond donors (Lipinski definition) is 2. The van der Waals surface area contributed by atoms with Gasteiger partial charge in [0.15, 0.2) is 0 Å². The summed E-state index contributed by atoms with van der Waals surface area (Å²) in [6.45, 7) is 10.6. The molecule has 3 aliphatic rings. The Morgan fingerprint density at radius 2 is 1.48 bits per heavy atom. The van der Waals surface area contributed by atoms with E-state index in [9.17, 15) is 0 Å². The van der Waals surface area contributed by atoms with Gasteiger partial charge in [0, 0.05) is 25.0 Å². The SMILES string of the molecule is C[C@@H]1[C@H](NCCNCCC(c2ccccc2)c2ccccc2)C[C@H]2C[C@@H]1C2(C)C. The molecular weight excluding hydrogens is 352 g/mol. The van der Waals surface area contributed by atoms with Crippen LogP contribution in [-0.2, 0) is 0 Å². The first kappa shape index (κ1) is 20.6. The minimum atomic E-state index is 0.463. The topological polar surface area (TPSA) is 24.1 Å². The number of hydrogen-bond acceptors (Lipinski definition) is 2. The van der Waals surface area contributed by atoms with E-state index in [4.69, 9.17) is 0 Å². The summed E-state index contributed by atoms with van der Waals surface area (Å²) in [6.07, 6.45) is 3.96. The highest BCUT2D eigenvalue weighted by Gasteiger charge is 2.55. The zero-order valence-electron chi connectivity index (χ0n) is 18.4. The van der Waals surface area contributed by atoms with E-state index in [1.807, 2.05) is 0 Å². The van der Waals surface area contributed by atoms with Crippen molar-refractivity contribution in [3.63, 3.8) is 0 Å². The molecule has 5 rings (SSSR count). The molecule has 0 amide bonds. The summed E-state index contributed by atoms with van der Waals surface area (Å²) in [5.41, 5.74) is 3.41. The molecule has 156 valence electrons. The van der Waals surface area contributed by atoms with Crippen LogP contribution in [0.4, 0.5) is 0 Å². The Morgan fingerprint density at radius 3 is 2.03 bits per heavy atom. The monoisotopic (exact) mass is 390 g/mol. The smallest absolute Gasteiger partial charge is 0.0101 e. The van der Waals surface area contributed by atoms with E-state index in [-0.39, 0.29) is 0 Å². The Balaban J connectivity index is 1.21. The third-order valence-electron chi connectivity index (χ3n) is 8.08. The van der Waals surface area contributed by atoms with E-state index in [2.05, 4.69) is 92.1 Å². The van der Waals surface area contributed by atoms with E-state index in [0.29, 0.717) is 11.3 Å². The molecule has 0 aliphatic heterocycles. The van der Waals surface area contributed by atoms with Crippen molar-refractivity contribution < 1.29 is 0 Å². The fourth-order valence-electron chi connectivity index (χ4n) is 6.03. The quantitative estimate of drug-likeness (QED) is 0.556. The summed E-state index contributed by atoms with van der Waals surface area (Å²) in [6, 6.07) is 22.6. The van der Waals surface area contributed by atoms with Gasteiger partial charge in [0.05, 0.1) is 0 Å². The van der Waals surface area contributed by atoms with Crippen LogP contribution in [0.25, 0.3) is 0 Å². The molecule has 3 saturated carbocycles. The van der Waals surface area contributed by atoms with Gasteiger partial charge in [-0.3, -0.25) is 0 Å². The molecule has 0 aromatic heterocycles. The predicted molar refractivity (Wildman–Crippen MR) is 123 cm³/mol. The number of rotatable bonds is 9. The molecule has 2 aromatic rings. The first-order valence-electron chi connectivity index (χ1n) is 11.6. The summed E-state index contributed by atoms with van der Waals surface area (Å²) in [4.78, 5) is 0. The van der Waals surface area contributed by atoms with Crippen LogP contribution < -0.4 is 10.6 Å². The molecule has 0 radical (unpaired) electrons. The number of fused-ring (bicyclic) bond motifs is 2. The van der Waals surface area contributed by atoms with E-state index >= 15 is 0 Å². The fourth-order valence-corrected chi connectivity index (χ4v) is 6.03. The molecule has 0 spiro atoms. The van der Waals surface area contributed by atoms with Crippen molar-refractivity contribution in [2.45, 2.75) is 52.0 Å². The molecule has 3 aliphatic carbocycles. The molecular formula is C27H38N2. The molecule has 2 N–H and O–H groups in total. The Labute approximate surface area is 177 Å². The summed E-state index contributed by atoms with van der Waals surface area (Å²) in [7, 11) is 0. The van der Waals surface area contributed by atoms with E-state index in [0.717, 1.165) is 49.9 Å². The lowest BCUT2D eigenvalue weighted by atomic mass is 9.45. The fraction of sp³-hybridized carbons (Fsp3) is 0.556. The van der Waals surface area contributed by atoms with Crippen molar-refractivity contribution in [1.29, 1.82) is 0 Å². The van der Waals surface area contributed by atoms with Gasteiger partial charge in [0.1, 0.15) is 0 Å². The molecule has 4 atom stereocenters. The zero-order valence-corrected chi connectivity index (χ0v) is 18.4. The van der Waals surface area contributed by atoms with Gasteiger partial charge in [-0.05, 0) is 60.1 Å². The molecule has 2 aromatic carbocycles. The zero-order chi connectivity index (χ0) is 20.3. The van der Waals surface area contributed by atoms with Crippen LogP contribution in [0.2, 0.25) is 0 Å². The molecule has 0 heterocycles. The molecule has 3 fully saturated rings. The molecule has 0 saturated heterocycles. The van der Waals surface area contributed by atoms with Crippen molar-refractivity contribution in [2.24, 2.45) is 23.2 Å². The Kier molecular flexibility index (Phi) is 6.41. The summed E-state index contributed by atoms with van der Waals surface area (Å²) < 4.78 is 0. The first-order valence-corrected chi connectivity index (χ1v) is 11.6. The van der Waals surface area contributed by atoms with E-state index in [1.54, 1.807) is 0 Å². The Bertz CT molecular complexity index is 715. The molecule has 29 heavy (non-hydrogen) atoms. The van der Waals surface area contributed by atoms with E-state index < -0.39 is 0 Å². The van der Waals surface area contributed by atoms with Gasteiger partial charge in [-0.15, -0.1) is 0 Å². The van der Waals surface area contributed by atoms with Gasteiger partial charge in [-0.1, -0.05) is 81.4 Å². The maximum atomic E-state index is 3.86. The maximum absolute atomic E-state index is 3.86. The minimum Gasteiger partial charge on any atom is -0.315 e. The second-order valence-electron chi connectivity index (χ2n) is 9.93. The standard InChI is InChI=1S/C27H38N2/c1-20-25-18-23(27(25,2)3)19-26(20)29-17-16-28-15-14-24(21-10-6-4-7-11-21)22-12-8-5-9-13-22/h4-13,20,23-26,28-29H,14-19H2,1-3H3/t20-,23+,25-,26+/m0/s1. The molecule has 2 nitrogen and oxygen atoms in total. The lowest BCUT2D eigenvalue weighted by Crippen LogP contribution is -2.60. The lowest BCUT2D eigenvalue weighted by Gasteiger charge is -2.62. The van der Waals surface area contributed by atoms with Gasteiger partial charge in [0.25, 0.3) is 0 Å². The van der Waals surface area contributed by atoms with Crippen LogP contribution in [-0.4, -0.2) is 25.7 Å². The average Bonchev–Trinajstić information content (AvgIpc) is 2.75. The van der Waals surface area contributed by atoms with Gasteiger partial charge >= 0.3 is 0 Å². The van der Waals surface area contributed by atoms with Gasteiger partial charge in [0.2, 0.25) is 0 Å². The van der Waals surface area contributed by atoms with Gasteiger partial charge in [-0.25, -0.2) is 0 Å². The van der Waals surface area contributed by atoms with Crippen molar-refractivity contribution in [3.8, 4) is 0 Å². The number of nitrogens with one attached hydrogen (secondary N) is 2. The van der Waals surface area contributed by atoms with Crippen LogP contribution in [0.15, 0.2) is 60.7 Å². The highest BCUT2D eigenvalue weighted by Crippen LogP contribution is 2.61. The highest BCUT2D eigenvalue weighted by atomic mass is 15.0. The highest BCUT2D eigenvalue weighted by molar-refractivity contribution is 5.32. The van der Waals surface area contributed by atoms with Crippen molar-refractivity contribution in [2.75, 3.05) is 19.6 Å². The van der Waals surface area contributed by atoms with E-state index in [1.165, 1.54) is 24.0 Å². The second kappa shape index (κ2) is 9.02. The molecule has 0 unspecified atom stereocenters. The van der Waals surface area contributed by atoms with Crippen molar-refractivity contribution in [3.05, 3.63) is 71.8 Å². The third-order valence-corrected chi connectivity index (χ3v) is 8.08. The van der Waals surface area contributed by atoms with Crippen LogP contribution in [0.5, 0.6) is 0 Å². The summed E-state index contributed by atoms with van der Waals surface area (Å²) in [5.74, 6) is 3.14. The van der Waals surface area contributed by atoms with Gasteiger partial charge < -0.3 is 10.6 Å². The summed E-state index contributed by atoms with van der Waals surface area (Å²) in [5, 5.41) is 7.54. The Morgan fingerprint density at radius 1 is 0.862 bits per heavy atom. The minimum absolute atomic E-state index is 0.463. The molecule has 2 heteroatoms. The third kappa shape index (κ3) is 4.44. The van der Waals surface area contributed by atoms with Crippen molar-refractivity contribution in [1.82, 2.24) is 10.6 Å². The van der Waals surface area contributed by atoms with Crippen molar-refractivity contribution >= 4 is 0 Å². The largest absolute Gasteiger partial charge is 0.315 e. The van der Waals surface area contributed by atoms with Crippen LogP contribution in [0.3, 0.4) is 0 Å². The average molecular weight is 391 g/mol. The van der Waals surface area contributed by atoms with Crippen LogP contribution in [0.1, 0.15) is 57.1 Å². The Hall–Kier alpha value is -1.64. The first-order chi connectivity index (χ1) is 14.1. The summed E-state index contributed by atoms with van der Waals surface area (Å²) >= 11 is 0. The molecule has 2 bridgehead atoms. The predicted octanol–water partition coefficient (Wildman–Crippen LogP) is 5.46. The normalized spacial score (nSPS) is 27.6. The van der Waals surface area contributed by atoms with Crippen LogP contribution >= 0.6 is 0 Å². The van der Waals surface area contributed by atoms with Gasteiger partial charge in [-0.2, -0.15) is 0 Å².